The number of hydrogen-bond donors (Lipinski definition) is 0. The molecule has 0 heterocycles. The highest BCUT2D eigenvalue weighted by atomic mass is 16.5. The average molecular weight is 242 g/mol. The zero-order valence-corrected chi connectivity index (χ0v) is 11.4. The van der Waals surface area contributed by atoms with Crippen LogP contribution in [0.25, 0.3) is 6.08 Å². The Morgan fingerprint density at radius 1 is 1.22 bits per heavy atom. The molecule has 0 aromatic heterocycles. The summed E-state index contributed by atoms with van der Waals surface area (Å²) in [5.41, 5.74) is 1.09. The summed E-state index contributed by atoms with van der Waals surface area (Å²) in [6, 6.07) is 8.18. The van der Waals surface area contributed by atoms with E-state index in [0.717, 1.165) is 30.6 Å². The maximum Gasteiger partial charge on any atom is 0.120 e. The first-order chi connectivity index (χ1) is 8.66. The van der Waals surface area contributed by atoms with Crippen molar-refractivity contribution in [3.8, 4) is 5.75 Å². The van der Waals surface area contributed by atoms with Crippen LogP contribution in [-0.2, 0) is 0 Å². The molecule has 1 aromatic rings. The average Bonchev–Trinajstić information content (AvgIpc) is 2.40. The minimum atomic E-state index is -0.0373. The van der Waals surface area contributed by atoms with Crippen LogP contribution in [0.4, 0.5) is 0 Å². The van der Waals surface area contributed by atoms with Gasteiger partial charge in [0, 0.05) is 6.42 Å². The number of rotatable bonds is 4. The van der Waals surface area contributed by atoms with Crippen LogP contribution in [-0.4, -0.2) is 5.60 Å². The van der Waals surface area contributed by atoms with Gasteiger partial charge in [0.1, 0.15) is 11.4 Å². The van der Waals surface area contributed by atoms with Crippen molar-refractivity contribution in [1.29, 1.82) is 0 Å². The second-order valence-corrected chi connectivity index (χ2v) is 5.31. The van der Waals surface area contributed by atoms with Crippen molar-refractivity contribution in [2.24, 2.45) is 5.92 Å². The molecule has 1 aliphatic rings. The van der Waals surface area contributed by atoms with Crippen molar-refractivity contribution in [2.45, 2.75) is 38.7 Å². The largest absolute Gasteiger partial charge is 0.487 e. The lowest BCUT2D eigenvalue weighted by Crippen LogP contribution is -2.42. The molecule has 0 amide bonds. The Morgan fingerprint density at radius 3 is 2.44 bits per heavy atom. The third-order valence-corrected chi connectivity index (χ3v) is 3.85. The molecule has 0 bridgehead atoms. The van der Waals surface area contributed by atoms with Gasteiger partial charge in [-0.05, 0) is 36.5 Å². The van der Waals surface area contributed by atoms with Crippen molar-refractivity contribution in [3.63, 3.8) is 0 Å². The van der Waals surface area contributed by atoms with Gasteiger partial charge in [0.2, 0.25) is 0 Å². The van der Waals surface area contributed by atoms with E-state index in [1.165, 1.54) is 0 Å². The first-order valence-electron chi connectivity index (χ1n) is 6.73. The highest BCUT2D eigenvalue weighted by molar-refractivity contribution is 5.48. The summed E-state index contributed by atoms with van der Waals surface area (Å²) < 4.78 is 6.32. The topological polar surface area (TPSA) is 9.23 Å². The Balaban J connectivity index is 2.18. The SMILES string of the molecule is C=Cc1ccc(OC2(C(C)C)CC=CCC2)cc1. The smallest absolute Gasteiger partial charge is 0.120 e. The first kappa shape index (κ1) is 12.9. The van der Waals surface area contributed by atoms with Crippen LogP contribution in [0.15, 0.2) is 43.0 Å². The van der Waals surface area contributed by atoms with Gasteiger partial charge in [-0.25, -0.2) is 0 Å². The van der Waals surface area contributed by atoms with Crippen LogP contribution < -0.4 is 4.74 Å². The second-order valence-electron chi connectivity index (χ2n) is 5.31. The Labute approximate surface area is 110 Å². The van der Waals surface area contributed by atoms with E-state index in [1.807, 2.05) is 18.2 Å². The van der Waals surface area contributed by atoms with E-state index in [1.54, 1.807) is 0 Å². The molecule has 0 spiro atoms. The number of ether oxygens (including phenoxy) is 1. The number of hydrogen-bond acceptors (Lipinski definition) is 1. The molecule has 1 unspecified atom stereocenters. The summed E-state index contributed by atoms with van der Waals surface area (Å²) in [6.45, 7) is 8.26. The Kier molecular flexibility index (Phi) is 3.90. The summed E-state index contributed by atoms with van der Waals surface area (Å²) in [4.78, 5) is 0. The molecule has 96 valence electrons. The highest BCUT2D eigenvalue weighted by Crippen LogP contribution is 2.36. The van der Waals surface area contributed by atoms with Crippen molar-refractivity contribution >= 4 is 6.08 Å². The van der Waals surface area contributed by atoms with Crippen molar-refractivity contribution < 1.29 is 4.74 Å². The van der Waals surface area contributed by atoms with Gasteiger partial charge in [-0.3, -0.25) is 0 Å². The van der Waals surface area contributed by atoms with E-state index in [-0.39, 0.29) is 5.60 Å². The van der Waals surface area contributed by atoms with E-state index >= 15 is 0 Å². The van der Waals surface area contributed by atoms with Crippen LogP contribution in [0.2, 0.25) is 0 Å². The predicted molar refractivity (Wildman–Crippen MR) is 77.7 cm³/mol. The van der Waals surface area contributed by atoms with Crippen LogP contribution in [0.5, 0.6) is 5.75 Å². The van der Waals surface area contributed by atoms with E-state index in [9.17, 15) is 0 Å². The molecule has 2 rings (SSSR count). The van der Waals surface area contributed by atoms with Gasteiger partial charge in [-0.2, -0.15) is 0 Å². The molecule has 0 N–H and O–H groups in total. The summed E-state index contributed by atoms with van der Waals surface area (Å²) >= 11 is 0. The minimum absolute atomic E-state index is 0.0373. The quantitative estimate of drug-likeness (QED) is 0.686. The molecule has 1 aliphatic carbocycles. The fourth-order valence-corrected chi connectivity index (χ4v) is 2.47. The van der Waals surface area contributed by atoms with Crippen LogP contribution in [0.3, 0.4) is 0 Å². The minimum Gasteiger partial charge on any atom is -0.487 e. The van der Waals surface area contributed by atoms with Gasteiger partial charge < -0.3 is 4.74 Å². The number of allylic oxidation sites excluding steroid dienone is 1. The second kappa shape index (κ2) is 5.43. The van der Waals surface area contributed by atoms with Crippen LogP contribution >= 0.6 is 0 Å². The molecule has 0 saturated carbocycles. The Hall–Kier alpha value is -1.50. The Bertz CT molecular complexity index is 427. The molecule has 18 heavy (non-hydrogen) atoms. The van der Waals surface area contributed by atoms with Crippen molar-refractivity contribution in [1.82, 2.24) is 0 Å². The van der Waals surface area contributed by atoms with Crippen molar-refractivity contribution in [3.05, 3.63) is 48.6 Å². The van der Waals surface area contributed by atoms with Gasteiger partial charge >= 0.3 is 0 Å². The third kappa shape index (κ3) is 2.66. The monoisotopic (exact) mass is 242 g/mol. The normalized spacial score (nSPS) is 23.1. The Morgan fingerprint density at radius 2 is 1.94 bits per heavy atom. The van der Waals surface area contributed by atoms with Gasteiger partial charge in [-0.1, -0.05) is 50.8 Å². The fraction of sp³-hybridized carbons (Fsp3) is 0.412. The first-order valence-corrected chi connectivity index (χ1v) is 6.73. The van der Waals surface area contributed by atoms with Gasteiger partial charge in [0.25, 0.3) is 0 Å². The summed E-state index contributed by atoms with van der Waals surface area (Å²) in [5.74, 6) is 1.48. The maximum atomic E-state index is 6.32. The summed E-state index contributed by atoms with van der Waals surface area (Å²) in [6.07, 6.45) is 9.58. The maximum absolute atomic E-state index is 6.32. The molecule has 1 atom stereocenters. The molecule has 1 aromatic carbocycles. The molecule has 0 aliphatic heterocycles. The lowest BCUT2D eigenvalue weighted by atomic mass is 9.80. The number of benzene rings is 1. The molecule has 0 fully saturated rings. The van der Waals surface area contributed by atoms with Crippen LogP contribution in [0, 0.1) is 5.92 Å². The van der Waals surface area contributed by atoms with Gasteiger partial charge in [0.15, 0.2) is 0 Å². The molecule has 1 heteroatoms. The zero-order chi connectivity index (χ0) is 13.0. The van der Waals surface area contributed by atoms with Crippen molar-refractivity contribution in [2.75, 3.05) is 0 Å². The van der Waals surface area contributed by atoms with Gasteiger partial charge in [0.05, 0.1) is 0 Å². The molecule has 1 nitrogen and oxygen atoms in total. The highest BCUT2D eigenvalue weighted by Gasteiger charge is 2.35. The zero-order valence-electron chi connectivity index (χ0n) is 11.4. The lowest BCUT2D eigenvalue weighted by Gasteiger charge is -2.39. The fourth-order valence-electron chi connectivity index (χ4n) is 2.47. The molecule has 0 radical (unpaired) electrons. The predicted octanol–water partition coefficient (Wildman–Crippen LogP) is 4.84. The summed E-state index contributed by atoms with van der Waals surface area (Å²) in [5, 5.41) is 0. The van der Waals surface area contributed by atoms with E-state index in [2.05, 4.69) is 44.7 Å². The van der Waals surface area contributed by atoms with E-state index < -0.39 is 0 Å². The van der Waals surface area contributed by atoms with E-state index in [0.29, 0.717) is 5.92 Å². The third-order valence-electron chi connectivity index (χ3n) is 3.85. The lowest BCUT2D eigenvalue weighted by molar-refractivity contribution is 0.0134. The molecule has 0 saturated heterocycles. The summed E-state index contributed by atoms with van der Waals surface area (Å²) in [7, 11) is 0. The van der Waals surface area contributed by atoms with Crippen LogP contribution in [0.1, 0.15) is 38.7 Å². The molecular weight excluding hydrogens is 220 g/mol. The molecular formula is C17H22O. The van der Waals surface area contributed by atoms with E-state index in [4.69, 9.17) is 4.74 Å². The van der Waals surface area contributed by atoms with Gasteiger partial charge in [-0.15, -0.1) is 0 Å². The standard InChI is InChI=1S/C17H22O/c1-4-15-8-10-16(11-9-15)18-17(14(2)3)12-6-5-7-13-17/h4-6,8-11,14H,1,7,12-13H2,2-3H3.